The van der Waals surface area contributed by atoms with Crippen molar-refractivity contribution in [1.29, 1.82) is 0 Å². The van der Waals surface area contributed by atoms with Gasteiger partial charge in [-0.1, -0.05) is 0 Å². The first-order chi connectivity index (χ1) is 11.6. The number of amides is 1. The molecule has 2 N–H and O–H groups in total. The van der Waals surface area contributed by atoms with Gasteiger partial charge in [-0.2, -0.15) is 0 Å². The van der Waals surface area contributed by atoms with Crippen LogP contribution >= 0.6 is 0 Å². The Balaban J connectivity index is 1.60. The normalized spacial score (nSPS) is 23.5. The Morgan fingerprint density at radius 1 is 1.25 bits per heavy atom. The minimum atomic E-state index is -0.233. The fourth-order valence-electron chi connectivity index (χ4n) is 3.57. The predicted molar refractivity (Wildman–Crippen MR) is 89.3 cm³/mol. The molecular formula is C16H28N6O2. The van der Waals surface area contributed by atoms with Crippen LogP contribution in [0.25, 0.3) is 0 Å². The molecule has 0 aromatic carbocycles. The van der Waals surface area contributed by atoms with Crippen LogP contribution in [-0.4, -0.2) is 76.4 Å². The molecule has 2 fully saturated rings. The van der Waals surface area contributed by atoms with E-state index in [9.17, 15) is 4.79 Å². The summed E-state index contributed by atoms with van der Waals surface area (Å²) in [6.45, 7) is 7.01. The van der Waals surface area contributed by atoms with Gasteiger partial charge in [0.05, 0.1) is 19.8 Å². The van der Waals surface area contributed by atoms with Crippen LogP contribution in [0.5, 0.6) is 0 Å². The average Bonchev–Trinajstić information content (AvgIpc) is 2.95. The first-order valence-corrected chi connectivity index (χ1v) is 8.82. The van der Waals surface area contributed by atoms with Crippen LogP contribution in [0, 0.1) is 0 Å². The Morgan fingerprint density at radius 3 is 2.79 bits per heavy atom. The van der Waals surface area contributed by atoms with Gasteiger partial charge in [0.1, 0.15) is 11.6 Å². The Morgan fingerprint density at radius 2 is 2.04 bits per heavy atom. The molecule has 1 amide bonds. The van der Waals surface area contributed by atoms with Crippen molar-refractivity contribution in [2.24, 2.45) is 12.8 Å². The van der Waals surface area contributed by atoms with Crippen LogP contribution in [-0.2, 0) is 23.1 Å². The maximum Gasteiger partial charge on any atom is 0.218 e. The van der Waals surface area contributed by atoms with E-state index in [1.807, 2.05) is 0 Å². The van der Waals surface area contributed by atoms with Gasteiger partial charge >= 0.3 is 0 Å². The Labute approximate surface area is 142 Å². The molecule has 1 unspecified atom stereocenters. The van der Waals surface area contributed by atoms with Gasteiger partial charge in [0.2, 0.25) is 5.91 Å². The fraction of sp³-hybridized carbons (Fsp3) is 0.812. The Bertz CT molecular complexity index is 555. The summed E-state index contributed by atoms with van der Waals surface area (Å²) >= 11 is 0. The summed E-state index contributed by atoms with van der Waals surface area (Å²) in [5, 5.41) is 8.89. The molecule has 0 radical (unpaired) electrons. The number of carbonyl (C=O) groups excluding carboxylic acids is 1. The molecule has 8 heteroatoms. The van der Waals surface area contributed by atoms with Gasteiger partial charge in [-0.3, -0.25) is 9.69 Å². The lowest BCUT2D eigenvalue weighted by atomic mass is 9.97. The van der Waals surface area contributed by atoms with Crippen LogP contribution in [0.3, 0.4) is 0 Å². The second-order valence-electron chi connectivity index (χ2n) is 6.78. The third-order valence-corrected chi connectivity index (χ3v) is 5.01. The van der Waals surface area contributed by atoms with E-state index in [1.54, 1.807) is 0 Å². The molecule has 24 heavy (non-hydrogen) atoms. The van der Waals surface area contributed by atoms with Crippen LogP contribution < -0.4 is 5.73 Å². The lowest BCUT2D eigenvalue weighted by Gasteiger charge is -2.32. The molecule has 2 saturated heterocycles. The summed E-state index contributed by atoms with van der Waals surface area (Å²) < 4.78 is 7.55. The van der Waals surface area contributed by atoms with Gasteiger partial charge in [-0.15, -0.1) is 10.2 Å². The number of morpholine rings is 1. The third-order valence-electron chi connectivity index (χ3n) is 5.01. The summed E-state index contributed by atoms with van der Waals surface area (Å²) in [6.07, 6.45) is 2.67. The van der Waals surface area contributed by atoms with E-state index in [1.165, 1.54) is 0 Å². The van der Waals surface area contributed by atoms with Crippen molar-refractivity contribution in [1.82, 2.24) is 24.6 Å². The number of likely N-dealkylation sites (tertiary alicyclic amines) is 1. The molecule has 1 aromatic rings. The molecule has 0 aliphatic carbocycles. The molecule has 3 rings (SSSR count). The summed E-state index contributed by atoms with van der Waals surface area (Å²) in [4.78, 5) is 15.7. The lowest BCUT2D eigenvalue weighted by molar-refractivity contribution is -0.118. The minimum Gasteiger partial charge on any atom is -0.379 e. The highest BCUT2D eigenvalue weighted by molar-refractivity contribution is 5.73. The zero-order chi connectivity index (χ0) is 16.9. The highest BCUT2D eigenvalue weighted by Gasteiger charge is 2.26. The van der Waals surface area contributed by atoms with Crippen molar-refractivity contribution in [3.05, 3.63) is 11.6 Å². The number of nitrogens with two attached hydrogens (primary N) is 1. The molecule has 2 aliphatic heterocycles. The summed E-state index contributed by atoms with van der Waals surface area (Å²) in [6, 6.07) is 0. The zero-order valence-corrected chi connectivity index (χ0v) is 14.5. The monoisotopic (exact) mass is 336 g/mol. The van der Waals surface area contributed by atoms with Crippen LogP contribution in [0.15, 0.2) is 0 Å². The highest BCUT2D eigenvalue weighted by Crippen LogP contribution is 2.26. The average molecular weight is 336 g/mol. The Kier molecular flexibility index (Phi) is 5.80. The second kappa shape index (κ2) is 8.04. The molecule has 134 valence electrons. The molecule has 0 bridgehead atoms. The van der Waals surface area contributed by atoms with Gasteiger partial charge in [-0.05, 0) is 19.4 Å². The summed E-state index contributed by atoms with van der Waals surface area (Å²) in [7, 11) is 2.06. The first-order valence-electron chi connectivity index (χ1n) is 8.82. The quantitative estimate of drug-likeness (QED) is 0.767. The number of nitrogens with zero attached hydrogens (tertiary/aromatic N) is 5. The number of rotatable bonds is 6. The molecule has 0 saturated carbocycles. The number of primary amides is 1. The van der Waals surface area contributed by atoms with Crippen molar-refractivity contribution in [2.45, 2.75) is 31.7 Å². The second-order valence-corrected chi connectivity index (χ2v) is 6.78. The summed E-state index contributed by atoms with van der Waals surface area (Å²) in [5.41, 5.74) is 5.27. The van der Waals surface area contributed by atoms with E-state index in [0.717, 1.165) is 77.0 Å². The highest BCUT2D eigenvalue weighted by atomic mass is 16.5. The van der Waals surface area contributed by atoms with Crippen LogP contribution in [0.4, 0.5) is 0 Å². The maximum absolute atomic E-state index is 11.0. The smallest absolute Gasteiger partial charge is 0.218 e. The van der Waals surface area contributed by atoms with E-state index in [-0.39, 0.29) is 5.91 Å². The van der Waals surface area contributed by atoms with Crippen molar-refractivity contribution >= 4 is 5.91 Å². The fourth-order valence-corrected chi connectivity index (χ4v) is 3.57. The molecule has 1 aromatic heterocycles. The molecule has 2 aliphatic rings. The minimum absolute atomic E-state index is 0.233. The summed E-state index contributed by atoms with van der Waals surface area (Å²) in [5.74, 6) is 2.22. The number of carbonyl (C=O) groups is 1. The van der Waals surface area contributed by atoms with Gasteiger partial charge in [0, 0.05) is 45.6 Å². The first kappa shape index (κ1) is 17.3. The van der Waals surface area contributed by atoms with Crippen molar-refractivity contribution in [3.8, 4) is 0 Å². The van der Waals surface area contributed by atoms with E-state index < -0.39 is 0 Å². The number of hydrogen-bond acceptors (Lipinski definition) is 6. The number of piperidine rings is 1. The van der Waals surface area contributed by atoms with E-state index >= 15 is 0 Å². The lowest BCUT2D eigenvalue weighted by Crippen LogP contribution is -2.37. The predicted octanol–water partition coefficient (Wildman–Crippen LogP) is -0.298. The van der Waals surface area contributed by atoms with Crippen molar-refractivity contribution in [3.63, 3.8) is 0 Å². The van der Waals surface area contributed by atoms with Crippen LogP contribution in [0.2, 0.25) is 0 Å². The topological polar surface area (TPSA) is 89.5 Å². The van der Waals surface area contributed by atoms with Gasteiger partial charge in [-0.25, -0.2) is 0 Å². The van der Waals surface area contributed by atoms with Crippen molar-refractivity contribution < 1.29 is 9.53 Å². The SMILES string of the molecule is Cn1c(CN2CCOCC2)nnc1C1CCCN(CCC(N)=O)C1. The third kappa shape index (κ3) is 4.31. The van der Waals surface area contributed by atoms with Gasteiger partial charge in [0.15, 0.2) is 0 Å². The van der Waals surface area contributed by atoms with E-state index in [0.29, 0.717) is 12.3 Å². The Hall–Kier alpha value is -1.51. The largest absolute Gasteiger partial charge is 0.379 e. The molecular weight excluding hydrogens is 308 g/mol. The van der Waals surface area contributed by atoms with Gasteiger partial charge < -0.3 is 19.9 Å². The standard InChI is InChI=1S/C16H28N6O2/c1-20-15(12-22-7-9-24-10-8-22)18-19-16(20)13-3-2-5-21(11-13)6-4-14(17)23/h13H,2-12H2,1H3,(H2,17,23). The maximum atomic E-state index is 11.0. The molecule has 0 spiro atoms. The number of aromatic nitrogens is 3. The molecule has 1 atom stereocenters. The molecule has 8 nitrogen and oxygen atoms in total. The number of hydrogen-bond donors (Lipinski definition) is 1. The van der Waals surface area contributed by atoms with E-state index in [2.05, 4.69) is 31.6 Å². The van der Waals surface area contributed by atoms with Crippen molar-refractivity contribution in [2.75, 3.05) is 45.9 Å². The van der Waals surface area contributed by atoms with Crippen LogP contribution in [0.1, 0.15) is 36.8 Å². The van der Waals surface area contributed by atoms with Gasteiger partial charge in [0.25, 0.3) is 0 Å². The van der Waals surface area contributed by atoms with E-state index in [4.69, 9.17) is 10.5 Å². The number of ether oxygens (including phenoxy) is 1. The molecule has 3 heterocycles. The zero-order valence-electron chi connectivity index (χ0n) is 14.5.